The van der Waals surface area contributed by atoms with Gasteiger partial charge in [0, 0.05) is 34.7 Å². The summed E-state index contributed by atoms with van der Waals surface area (Å²) in [5, 5.41) is 0. The summed E-state index contributed by atoms with van der Waals surface area (Å²) < 4.78 is 19.0. The molecule has 0 heterocycles. The second-order valence-electron chi connectivity index (χ2n) is 3.92. The molecule has 0 aromatic rings. The normalized spacial score (nSPS) is 11.0. The van der Waals surface area contributed by atoms with Crippen LogP contribution in [0.25, 0.3) is 0 Å². The lowest BCUT2D eigenvalue weighted by Crippen LogP contribution is -2.17. The third-order valence-electron chi connectivity index (χ3n) is 1.82. The summed E-state index contributed by atoms with van der Waals surface area (Å²) in [6, 6.07) is 0. The van der Waals surface area contributed by atoms with E-state index in [4.69, 9.17) is 18.9 Å². The van der Waals surface area contributed by atoms with Crippen molar-refractivity contribution in [1.29, 1.82) is 0 Å². The Balaban J connectivity index is 0. The van der Waals surface area contributed by atoms with Gasteiger partial charge in [-0.15, -0.1) is 0 Å². The maximum Gasteiger partial charge on any atom is 0.302 e. The van der Waals surface area contributed by atoms with Gasteiger partial charge in [0.1, 0.15) is 6.10 Å². The number of hydrogen-bond acceptors (Lipinski definition) is 6. The van der Waals surface area contributed by atoms with Crippen LogP contribution in [-0.2, 0) is 28.5 Å². The smallest absolute Gasteiger partial charge is 0.302 e. The van der Waals surface area contributed by atoms with E-state index in [-0.39, 0.29) is 18.0 Å². The number of carbonyl (C=O) groups is 2. The Morgan fingerprint density at radius 3 is 1.95 bits per heavy atom. The fourth-order valence-corrected chi connectivity index (χ4v) is 1.12. The molecule has 0 saturated heterocycles. The average molecular weight is 278 g/mol. The van der Waals surface area contributed by atoms with Crippen LogP contribution in [0.4, 0.5) is 0 Å². The highest BCUT2D eigenvalue weighted by Gasteiger charge is 2.02. The van der Waals surface area contributed by atoms with Crippen LogP contribution < -0.4 is 0 Å². The van der Waals surface area contributed by atoms with Crippen molar-refractivity contribution in [1.82, 2.24) is 0 Å². The third kappa shape index (κ3) is 22.5. The molecule has 0 spiro atoms. The number of esters is 2. The molecule has 0 aliphatic carbocycles. The van der Waals surface area contributed by atoms with Crippen LogP contribution in [0.2, 0.25) is 0 Å². The second-order valence-corrected chi connectivity index (χ2v) is 3.92. The number of carbonyl (C=O) groups excluding carboxylic acids is 2. The fraction of sp³-hybridized carbons (Fsp3) is 0.846. The first-order valence-electron chi connectivity index (χ1n) is 6.22. The highest BCUT2D eigenvalue weighted by Crippen LogP contribution is 1.90. The number of unbranched alkanes of at least 4 members (excludes halogenated alkanes) is 1. The first-order chi connectivity index (χ1) is 8.93. The van der Waals surface area contributed by atoms with E-state index >= 15 is 0 Å². The molecule has 0 bridgehead atoms. The van der Waals surface area contributed by atoms with Crippen molar-refractivity contribution < 1.29 is 28.5 Å². The van der Waals surface area contributed by atoms with Crippen LogP contribution in [0, 0.1) is 0 Å². The second kappa shape index (κ2) is 14.9. The summed E-state index contributed by atoms with van der Waals surface area (Å²) >= 11 is 0. The molecular formula is C13H26O6. The molecule has 114 valence electrons. The van der Waals surface area contributed by atoms with Crippen molar-refractivity contribution in [3.05, 3.63) is 0 Å². The lowest BCUT2D eigenvalue weighted by Gasteiger charge is -2.08. The molecule has 0 aliphatic rings. The Hall–Kier alpha value is -1.14. The molecule has 0 saturated carbocycles. The summed E-state index contributed by atoms with van der Waals surface area (Å²) in [7, 11) is 3.23. The van der Waals surface area contributed by atoms with Gasteiger partial charge in [0.15, 0.2) is 0 Å². The maximum atomic E-state index is 10.3. The summed E-state index contributed by atoms with van der Waals surface area (Å²) in [6.07, 6.45) is 1.70. The summed E-state index contributed by atoms with van der Waals surface area (Å²) in [6.45, 7) is 6.28. The number of hydrogen-bond donors (Lipinski definition) is 0. The van der Waals surface area contributed by atoms with E-state index in [0.717, 1.165) is 19.4 Å². The zero-order valence-electron chi connectivity index (χ0n) is 12.6. The van der Waals surface area contributed by atoms with Crippen molar-refractivity contribution in [2.45, 2.75) is 39.7 Å². The Labute approximate surface area is 115 Å². The SMILES string of the molecule is COCC(C)OC(C)=O.COCCCCOC(C)=O. The summed E-state index contributed by atoms with van der Waals surface area (Å²) in [5.41, 5.74) is 0. The lowest BCUT2D eigenvalue weighted by molar-refractivity contribution is -0.147. The van der Waals surface area contributed by atoms with Gasteiger partial charge in [-0.05, 0) is 19.8 Å². The zero-order valence-corrected chi connectivity index (χ0v) is 12.6. The molecule has 0 radical (unpaired) electrons. The van der Waals surface area contributed by atoms with E-state index in [1.165, 1.54) is 13.8 Å². The fourth-order valence-electron chi connectivity index (χ4n) is 1.12. The van der Waals surface area contributed by atoms with Crippen LogP contribution in [0.15, 0.2) is 0 Å². The quantitative estimate of drug-likeness (QED) is 0.495. The molecule has 1 unspecified atom stereocenters. The van der Waals surface area contributed by atoms with E-state index in [2.05, 4.69) is 0 Å². The van der Waals surface area contributed by atoms with Crippen molar-refractivity contribution in [3.8, 4) is 0 Å². The molecule has 0 fully saturated rings. The van der Waals surface area contributed by atoms with E-state index in [9.17, 15) is 9.59 Å². The molecule has 0 aliphatic heterocycles. The van der Waals surface area contributed by atoms with E-state index in [0.29, 0.717) is 13.2 Å². The van der Waals surface area contributed by atoms with Gasteiger partial charge >= 0.3 is 11.9 Å². The van der Waals surface area contributed by atoms with Crippen LogP contribution in [0.5, 0.6) is 0 Å². The molecule has 0 amide bonds. The van der Waals surface area contributed by atoms with Crippen molar-refractivity contribution in [3.63, 3.8) is 0 Å². The monoisotopic (exact) mass is 278 g/mol. The Morgan fingerprint density at radius 2 is 1.53 bits per heavy atom. The number of rotatable bonds is 8. The first-order valence-corrected chi connectivity index (χ1v) is 6.22. The van der Waals surface area contributed by atoms with Crippen molar-refractivity contribution >= 4 is 11.9 Å². The average Bonchev–Trinajstić information content (AvgIpc) is 2.28. The number of methoxy groups -OCH3 is 2. The minimum Gasteiger partial charge on any atom is -0.466 e. The molecule has 0 rings (SSSR count). The largest absolute Gasteiger partial charge is 0.466 e. The van der Waals surface area contributed by atoms with E-state index < -0.39 is 0 Å². The predicted octanol–water partition coefficient (Wildman–Crippen LogP) is 1.56. The van der Waals surface area contributed by atoms with Crippen LogP contribution >= 0.6 is 0 Å². The molecular weight excluding hydrogens is 252 g/mol. The minimum atomic E-state index is -0.264. The molecule has 0 N–H and O–H groups in total. The molecule has 0 aromatic heterocycles. The van der Waals surface area contributed by atoms with Gasteiger partial charge in [-0.25, -0.2) is 0 Å². The van der Waals surface area contributed by atoms with Crippen LogP contribution in [-0.4, -0.2) is 52.1 Å². The van der Waals surface area contributed by atoms with E-state index in [1.54, 1.807) is 21.1 Å². The minimum absolute atomic E-state index is 0.132. The van der Waals surface area contributed by atoms with Crippen molar-refractivity contribution in [2.24, 2.45) is 0 Å². The van der Waals surface area contributed by atoms with E-state index in [1.807, 2.05) is 0 Å². The standard InChI is InChI=1S/C7H14O3.C6H12O3/c1-7(8)10-6-4-3-5-9-2;1-5(4-8-3)9-6(2)7/h3-6H2,1-2H3;5H,4H2,1-3H3. The summed E-state index contributed by atoms with van der Waals surface area (Å²) in [4.78, 5) is 20.5. The van der Waals surface area contributed by atoms with Gasteiger partial charge in [0.05, 0.1) is 13.2 Å². The van der Waals surface area contributed by atoms with Crippen molar-refractivity contribution in [2.75, 3.05) is 34.0 Å². The molecule has 19 heavy (non-hydrogen) atoms. The molecule has 1 atom stereocenters. The topological polar surface area (TPSA) is 71.1 Å². The zero-order chi connectivity index (χ0) is 15.1. The third-order valence-corrected chi connectivity index (χ3v) is 1.82. The van der Waals surface area contributed by atoms with Gasteiger partial charge < -0.3 is 18.9 Å². The highest BCUT2D eigenvalue weighted by molar-refractivity contribution is 5.66. The predicted molar refractivity (Wildman–Crippen MR) is 70.8 cm³/mol. The van der Waals surface area contributed by atoms with Gasteiger partial charge in [0.25, 0.3) is 0 Å². The Bertz CT molecular complexity index is 229. The molecule has 0 aromatic carbocycles. The van der Waals surface area contributed by atoms with Crippen LogP contribution in [0.1, 0.15) is 33.6 Å². The molecule has 6 heteroatoms. The van der Waals surface area contributed by atoms with Gasteiger partial charge in [0.2, 0.25) is 0 Å². The number of ether oxygens (including phenoxy) is 4. The van der Waals surface area contributed by atoms with Gasteiger partial charge in [-0.3, -0.25) is 9.59 Å². The lowest BCUT2D eigenvalue weighted by atomic mass is 10.3. The molecule has 6 nitrogen and oxygen atoms in total. The Morgan fingerprint density at radius 1 is 0.947 bits per heavy atom. The highest BCUT2D eigenvalue weighted by atomic mass is 16.6. The van der Waals surface area contributed by atoms with Gasteiger partial charge in [-0.1, -0.05) is 0 Å². The van der Waals surface area contributed by atoms with Gasteiger partial charge in [-0.2, -0.15) is 0 Å². The summed E-state index contributed by atoms with van der Waals surface area (Å²) in [5.74, 6) is -0.475. The Kier molecular flexibility index (Phi) is 15.8. The maximum absolute atomic E-state index is 10.3. The van der Waals surface area contributed by atoms with Crippen LogP contribution in [0.3, 0.4) is 0 Å². The first kappa shape index (κ1) is 20.2.